The van der Waals surface area contributed by atoms with Gasteiger partial charge in [-0.05, 0) is 0 Å². The normalized spacial score (nSPS) is 9.82. The van der Waals surface area contributed by atoms with Crippen LogP contribution in [0.5, 0.6) is 11.5 Å². The van der Waals surface area contributed by atoms with Gasteiger partial charge >= 0.3 is 11.7 Å². The molecular weight excluding hydrogens is 254 g/mol. The highest BCUT2D eigenvalue weighted by atomic mass is 35.5. The highest BCUT2D eigenvalue weighted by Crippen LogP contribution is 2.41. The molecule has 1 aromatic rings. The zero-order chi connectivity index (χ0) is 13.2. The van der Waals surface area contributed by atoms with E-state index >= 15 is 0 Å². The van der Waals surface area contributed by atoms with Crippen LogP contribution in [0, 0.1) is 10.1 Å². The summed E-state index contributed by atoms with van der Waals surface area (Å²) in [4.78, 5) is 20.9. The van der Waals surface area contributed by atoms with Crippen LogP contribution < -0.4 is 9.47 Å². The van der Waals surface area contributed by atoms with Crippen LogP contribution >= 0.6 is 11.6 Å². The number of nitro groups is 1. The Kier molecular flexibility index (Phi) is 3.74. The summed E-state index contributed by atoms with van der Waals surface area (Å²) in [5.74, 6) is -1.76. The molecular formula is C9H8ClNO6. The Bertz CT molecular complexity index is 487. The van der Waals surface area contributed by atoms with E-state index in [0.717, 1.165) is 6.07 Å². The Morgan fingerprint density at radius 1 is 1.41 bits per heavy atom. The zero-order valence-corrected chi connectivity index (χ0v) is 9.65. The Morgan fingerprint density at radius 3 is 2.29 bits per heavy atom. The van der Waals surface area contributed by atoms with Crippen molar-refractivity contribution in [2.24, 2.45) is 0 Å². The molecule has 0 unspecified atom stereocenters. The van der Waals surface area contributed by atoms with E-state index in [4.69, 9.17) is 26.2 Å². The molecule has 0 aliphatic heterocycles. The lowest BCUT2D eigenvalue weighted by molar-refractivity contribution is -0.386. The molecule has 0 spiro atoms. The highest BCUT2D eigenvalue weighted by Gasteiger charge is 2.31. The van der Waals surface area contributed by atoms with Gasteiger partial charge in [0, 0.05) is 6.07 Å². The third kappa shape index (κ3) is 2.23. The summed E-state index contributed by atoms with van der Waals surface area (Å²) in [5, 5.41) is 19.4. The molecule has 1 rings (SSSR count). The number of methoxy groups -OCH3 is 2. The number of carbonyl (C=O) groups is 1. The highest BCUT2D eigenvalue weighted by molar-refractivity contribution is 6.35. The lowest BCUT2D eigenvalue weighted by atomic mass is 10.1. The predicted octanol–water partition coefficient (Wildman–Crippen LogP) is 1.96. The topological polar surface area (TPSA) is 98.9 Å². The number of nitro benzene ring substituents is 1. The molecule has 0 aromatic heterocycles. The molecule has 7 nitrogen and oxygen atoms in total. The smallest absolute Gasteiger partial charge is 0.344 e. The van der Waals surface area contributed by atoms with Gasteiger partial charge in [-0.1, -0.05) is 11.6 Å². The average Bonchev–Trinajstić information content (AvgIpc) is 2.27. The van der Waals surface area contributed by atoms with E-state index in [0.29, 0.717) is 0 Å². The summed E-state index contributed by atoms with van der Waals surface area (Å²) in [5.41, 5.74) is -1.36. The summed E-state index contributed by atoms with van der Waals surface area (Å²) < 4.78 is 9.57. The van der Waals surface area contributed by atoms with Crippen molar-refractivity contribution in [1.29, 1.82) is 0 Å². The van der Waals surface area contributed by atoms with Gasteiger partial charge in [0.25, 0.3) is 0 Å². The molecule has 0 heterocycles. The number of benzene rings is 1. The molecule has 0 saturated carbocycles. The first kappa shape index (κ1) is 13.0. The summed E-state index contributed by atoms with van der Waals surface area (Å²) in [6.07, 6.45) is 0. The molecule has 92 valence electrons. The van der Waals surface area contributed by atoms with E-state index in [2.05, 4.69) is 0 Å². The second-order valence-electron chi connectivity index (χ2n) is 2.88. The Morgan fingerprint density at radius 2 is 1.94 bits per heavy atom. The van der Waals surface area contributed by atoms with E-state index in [-0.39, 0.29) is 16.5 Å². The van der Waals surface area contributed by atoms with E-state index in [9.17, 15) is 14.9 Å². The van der Waals surface area contributed by atoms with Gasteiger partial charge < -0.3 is 14.6 Å². The lowest BCUT2D eigenvalue weighted by Crippen LogP contribution is -2.06. The van der Waals surface area contributed by atoms with Gasteiger partial charge in [-0.25, -0.2) is 4.79 Å². The standard InChI is InChI=1S/C9H8ClNO6/c1-16-4-3-5(17-2)8(11(14)15)6(7(4)10)9(12)13/h3H,1-2H3,(H,12,13). The second kappa shape index (κ2) is 4.88. The number of aromatic carboxylic acids is 1. The number of halogens is 1. The third-order valence-electron chi connectivity index (χ3n) is 2.00. The quantitative estimate of drug-likeness (QED) is 0.657. The number of carboxylic acids is 1. The molecule has 0 atom stereocenters. The van der Waals surface area contributed by atoms with Crippen molar-refractivity contribution in [1.82, 2.24) is 0 Å². The van der Waals surface area contributed by atoms with Crippen LogP contribution in [0.4, 0.5) is 5.69 Å². The Hall–Kier alpha value is -2.02. The number of rotatable bonds is 4. The van der Waals surface area contributed by atoms with E-state index in [1.807, 2.05) is 0 Å². The van der Waals surface area contributed by atoms with Gasteiger partial charge in [0.1, 0.15) is 10.8 Å². The first-order valence-corrected chi connectivity index (χ1v) is 4.64. The molecule has 8 heteroatoms. The van der Waals surface area contributed by atoms with E-state index < -0.39 is 22.1 Å². The predicted molar refractivity (Wildman–Crippen MR) is 58.2 cm³/mol. The van der Waals surface area contributed by atoms with Crippen LogP contribution in [-0.4, -0.2) is 30.2 Å². The molecule has 0 amide bonds. The number of carboxylic acid groups (broad SMARTS) is 1. The van der Waals surface area contributed by atoms with Crippen molar-refractivity contribution >= 4 is 23.3 Å². The molecule has 1 aromatic carbocycles. The maximum Gasteiger partial charge on any atom is 0.344 e. The van der Waals surface area contributed by atoms with E-state index in [1.165, 1.54) is 14.2 Å². The summed E-state index contributed by atoms with van der Waals surface area (Å²) in [7, 11) is 2.44. The lowest BCUT2D eigenvalue weighted by Gasteiger charge is -2.10. The van der Waals surface area contributed by atoms with E-state index in [1.54, 1.807) is 0 Å². The minimum atomic E-state index is -1.53. The van der Waals surface area contributed by atoms with Crippen LogP contribution in [0.1, 0.15) is 10.4 Å². The molecule has 0 radical (unpaired) electrons. The summed E-state index contributed by atoms with van der Waals surface area (Å²) >= 11 is 5.72. The zero-order valence-electron chi connectivity index (χ0n) is 8.89. The van der Waals surface area contributed by atoms with Crippen molar-refractivity contribution in [3.05, 3.63) is 26.8 Å². The molecule has 0 bridgehead atoms. The van der Waals surface area contributed by atoms with Crippen LogP contribution in [0.2, 0.25) is 5.02 Å². The van der Waals surface area contributed by atoms with Crippen molar-refractivity contribution in [2.75, 3.05) is 14.2 Å². The molecule has 17 heavy (non-hydrogen) atoms. The fourth-order valence-electron chi connectivity index (χ4n) is 1.28. The number of ether oxygens (including phenoxy) is 2. The summed E-state index contributed by atoms with van der Waals surface area (Å²) in [6.45, 7) is 0. The monoisotopic (exact) mass is 261 g/mol. The first-order valence-electron chi connectivity index (χ1n) is 4.26. The fourth-order valence-corrected chi connectivity index (χ4v) is 1.58. The fraction of sp³-hybridized carbons (Fsp3) is 0.222. The Balaban J connectivity index is 3.71. The molecule has 0 aliphatic carbocycles. The van der Waals surface area contributed by atoms with Crippen molar-refractivity contribution < 1.29 is 24.3 Å². The summed E-state index contributed by atoms with van der Waals surface area (Å²) in [6, 6.07) is 1.16. The van der Waals surface area contributed by atoms with Gasteiger partial charge in [0.15, 0.2) is 5.56 Å². The molecule has 0 aliphatic rings. The average molecular weight is 262 g/mol. The van der Waals surface area contributed by atoms with Gasteiger partial charge in [-0.3, -0.25) is 10.1 Å². The van der Waals surface area contributed by atoms with Crippen LogP contribution in [-0.2, 0) is 0 Å². The van der Waals surface area contributed by atoms with Gasteiger partial charge in [-0.2, -0.15) is 0 Å². The van der Waals surface area contributed by atoms with Crippen LogP contribution in [0.25, 0.3) is 0 Å². The van der Waals surface area contributed by atoms with Gasteiger partial charge in [0.2, 0.25) is 5.75 Å². The SMILES string of the molecule is COc1cc(OC)c([N+](=O)[O-])c(C(=O)O)c1Cl. The Labute approximate surface area is 101 Å². The van der Waals surface area contributed by atoms with Crippen LogP contribution in [0.3, 0.4) is 0 Å². The maximum atomic E-state index is 11.0. The van der Waals surface area contributed by atoms with Gasteiger partial charge in [0.05, 0.1) is 19.1 Å². The number of hydrogen-bond acceptors (Lipinski definition) is 5. The van der Waals surface area contributed by atoms with Crippen molar-refractivity contribution in [3.8, 4) is 11.5 Å². The van der Waals surface area contributed by atoms with Gasteiger partial charge in [-0.15, -0.1) is 0 Å². The first-order chi connectivity index (χ1) is 7.93. The largest absolute Gasteiger partial charge is 0.495 e. The number of nitrogens with zero attached hydrogens (tertiary/aromatic N) is 1. The van der Waals surface area contributed by atoms with Crippen molar-refractivity contribution in [2.45, 2.75) is 0 Å². The molecule has 1 N–H and O–H groups in total. The second-order valence-corrected chi connectivity index (χ2v) is 3.26. The molecule has 0 fully saturated rings. The third-order valence-corrected chi connectivity index (χ3v) is 2.38. The molecule has 0 saturated heterocycles. The minimum Gasteiger partial charge on any atom is -0.495 e. The van der Waals surface area contributed by atoms with Crippen molar-refractivity contribution in [3.63, 3.8) is 0 Å². The number of hydrogen-bond donors (Lipinski definition) is 1. The maximum absolute atomic E-state index is 11.0. The minimum absolute atomic E-state index is 0.00785. The van der Waals surface area contributed by atoms with Crippen LogP contribution in [0.15, 0.2) is 6.07 Å².